The lowest BCUT2D eigenvalue weighted by atomic mass is 9.82. The largest absolute Gasteiger partial charge is 0.498 e. The summed E-state index contributed by atoms with van der Waals surface area (Å²) in [6.07, 6.45) is 13.0. The van der Waals surface area contributed by atoms with Crippen LogP contribution in [0.5, 0.6) is 0 Å². The van der Waals surface area contributed by atoms with Crippen LogP contribution < -0.4 is 10.9 Å². The number of hydrogen-bond donors (Lipinski definition) is 1. The number of methoxy groups -OCH3 is 2. The Labute approximate surface area is 278 Å². The summed E-state index contributed by atoms with van der Waals surface area (Å²) in [5, 5.41) is 19.4. The zero-order valence-corrected chi connectivity index (χ0v) is 29.7. The lowest BCUT2D eigenvalue weighted by Crippen LogP contribution is -2.41. The van der Waals surface area contributed by atoms with Crippen LogP contribution in [-0.4, -0.2) is 104 Å². The molecule has 256 valence electrons. The van der Waals surface area contributed by atoms with Gasteiger partial charge in [0.1, 0.15) is 0 Å². The molecule has 4 aromatic rings. The van der Waals surface area contributed by atoms with Crippen molar-refractivity contribution < 1.29 is 28.1 Å². The zero-order valence-electron chi connectivity index (χ0n) is 29.7. The molecular formula is C31H50B2N8O6. The molecule has 16 heteroatoms. The number of nitrogens with zero attached hydrogens (tertiary/aromatic N) is 7. The van der Waals surface area contributed by atoms with Crippen molar-refractivity contribution in [1.82, 2.24) is 39.5 Å². The molecule has 1 N–H and O–H groups in total. The second-order valence-electron chi connectivity index (χ2n) is 13.6. The Hall–Kier alpha value is -3.27. The third kappa shape index (κ3) is 9.00. The highest BCUT2D eigenvalue weighted by Crippen LogP contribution is 2.37. The van der Waals surface area contributed by atoms with Gasteiger partial charge in [-0.3, -0.25) is 19.1 Å². The molecule has 2 aliphatic heterocycles. The topological polar surface area (TPSA) is 138 Å². The van der Waals surface area contributed by atoms with Crippen LogP contribution in [0.2, 0.25) is 0 Å². The van der Waals surface area contributed by atoms with Crippen molar-refractivity contribution in [3.63, 3.8) is 0 Å². The van der Waals surface area contributed by atoms with Crippen molar-refractivity contribution >= 4 is 25.2 Å². The fraction of sp³-hybridized carbons (Fsp3) is 0.613. The Kier molecular flexibility index (Phi) is 11.6. The summed E-state index contributed by atoms with van der Waals surface area (Å²) >= 11 is 0. The van der Waals surface area contributed by atoms with E-state index in [-0.39, 0.29) is 36.6 Å². The second-order valence-corrected chi connectivity index (χ2v) is 13.6. The van der Waals surface area contributed by atoms with Gasteiger partial charge in [0.15, 0.2) is 0 Å². The van der Waals surface area contributed by atoms with Crippen LogP contribution >= 0.6 is 0 Å². The van der Waals surface area contributed by atoms with Gasteiger partial charge in [0, 0.05) is 74.9 Å². The molecule has 2 saturated heterocycles. The Morgan fingerprint density at radius 1 is 0.723 bits per heavy atom. The molecular weight excluding hydrogens is 602 g/mol. The lowest BCUT2D eigenvalue weighted by molar-refractivity contribution is 0.00578. The van der Waals surface area contributed by atoms with E-state index in [4.69, 9.17) is 28.1 Å². The molecule has 0 atom stereocenters. The van der Waals surface area contributed by atoms with Crippen LogP contribution in [0.1, 0.15) is 55.4 Å². The number of hydrogen-bond acceptors (Lipinski definition) is 10. The zero-order chi connectivity index (χ0) is 34.5. The highest BCUT2D eigenvalue weighted by molar-refractivity contribution is 6.62. The minimum atomic E-state index is -0.341. The van der Waals surface area contributed by atoms with Gasteiger partial charge in [-0.05, 0) is 61.5 Å². The van der Waals surface area contributed by atoms with Crippen molar-refractivity contribution in [2.75, 3.05) is 27.4 Å². The molecule has 14 nitrogen and oxygen atoms in total. The maximum Gasteiger partial charge on any atom is 0.498 e. The summed E-state index contributed by atoms with van der Waals surface area (Å²) in [5.74, 6) is 0. The highest BCUT2D eigenvalue weighted by Gasteiger charge is 2.53. The van der Waals surface area contributed by atoms with Crippen LogP contribution in [0.15, 0.2) is 49.4 Å². The van der Waals surface area contributed by atoms with E-state index in [1.165, 1.54) is 0 Å². The van der Waals surface area contributed by atoms with Crippen LogP contribution in [0.25, 0.3) is 11.3 Å². The summed E-state index contributed by atoms with van der Waals surface area (Å²) < 4.78 is 39.1. The summed E-state index contributed by atoms with van der Waals surface area (Å²) in [6, 6.07) is 1.97. The SMILES string of the molecule is CC1(C)OB(c2cn[nH]c2)OC1(C)C.COCCn1cc(-c2ccn(C)n2)cn1.COCCn1cc(B2OC(C)(C)C(C)(C)O2)cn1. The normalized spacial score (nSPS) is 18.9. The first kappa shape index (κ1) is 36.6. The molecule has 0 unspecified atom stereocenters. The molecule has 2 fully saturated rings. The third-order valence-corrected chi connectivity index (χ3v) is 8.92. The first-order chi connectivity index (χ1) is 22.1. The highest BCUT2D eigenvalue weighted by atomic mass is 16.7. The molecule has 0 bridgehead atoms. The van der Waals surface area contributed by atoms with E-state index >= 15 is 0 Å². The van der Waals surface area contributed by atoms with Crippen LogP contribution in [0.3, 0.4) is 0 Å². The van der Waals surface area contributed by atoms with E-state index in [2.05, 4.69) is 25.5 Å². The van der Waals surface area contributed by atoms with Crippen LogP contribution in [0, 0.1) is 0 Å². The monoisotopic (exact) mass is 652 g/mol. The third-order valence-electron chi connectivity index (χ3n) is 8.92. The van der Waals surface area contributed by atoms with Gasteiger partial charge in [-0.1, -0.05) is 0 Å². The van der Waals surface area contributed by atoms with Crippen LogP contribution in [-0.2, 0) is 48.2 Å². The van der Waals surface area contributed by atoms with E-state index in [9.17, 15) is 0 Å². The summed E-state index contributed by atoms with van der Waals surface area (Å²) in [4.78, 5) is 0. The molecule has 0 amide bonds. The number of rotatable bonds is 9. The van der Waals surface area contributed by atoms with E-state index in [1.54, 1.807) is 37.5 Å². The number of aromatic amines is 1. The van der Waals surface area contributed by atoms with Gasteiger partial charge in [-0.15, -0.1) is 0 Å². The molecule has 47 heavy (non-hydrogen) atoms. The fourth-order valence-corrected chi connectivity index (χ4v) is 4.53. The summed E-state index contributed by atoms with van der Waals surface area (Å²) in [7, 11) is 4.62. The maximum absolute atomic E-state index is 5.96. The van der Waals surface area contributed by atoms with Gasteiger partial charge in [-0.25, -0.2) is 0 Å². The lowest BCUT2D eigenvalue weighted by Gasteiger charge is -2.32. The summed E-state index contributed by atoms with van der Waals surface area (Å²) in [5.41, 5.74) is 2.67. The molecule has 0 saturated carbocycles. The minimum Gasteiger partial charge on any atom is -0.399 e. The quantitative estimate of drug-likeness (QED) is 0.269. The molecule has 6 heterocycles. The predicted molar refractivity (Wildman–Crippen MR) is 180 cm³/mol. The molecule has 6 rings (SSSR count). The first-order valence-corrected chi connectivity index (χ1v) is 15.8. The van der Waals surface area contributed by atoms with E-state index < -0.39 is 0 Å². The second kappa shape index (κ2) is 14.9. The van der Waals surface area contributed by atoms with Gasteiger partial charge in [0.25, 0.3) is 0 Å². The number of nitrogens with one attached hydrogen (secondary N) is 1. The van der Waals surface area contributed by atoms with Crippen molar-refractivity contribution in [2.45, 2.75) is 90.9 Å². The molecule has 0 radical (unpaired) electrons. The Morgan fingerprint density at radius 3 is 1.70 bits per heavy atom. The number of aryl methyl sites for hydroxylation is 1. The Balaban J connectivity index is 0.000000161. The maximum atomic E-state index is 5.96. The first-order valence-electron chi connectivity index (χ1n) is 15.8. The smallest absolute Gasteiger partial charge is 0.399 e. The fourth-order valence-electron chi connectivity index (χ4n) is 4.53. The van der Waals surface area contributed by atoms with E-state index in [0.717, 1.165) is 35.3 Å². The number of H-pyrrole nitrogens is 1. The predicted octanol–water partition coefficient (Wildman–Crippen LogP) is 2.47. The molecule has 0 aliphatic carbocycles. The average molecular weight is 652 g/mol. The van der Waals surface area contributed by atoms with Crippen LogP contribution in [0.4, 0.5) is 0 Å². The van der Waals surface area contributed by atoms with Gasteiger partial charge in [0.2, 0.25) is 0 Å². The van der Waals surface area contributed by atoms with Gasteiger partial charge in [0.05, 0.1) is 60.6 Å². The van der Waals surface area contributed by atoms with Crippen molar-refractivity contribution in [3.05, 3.63) is 49.4 Å². The Morgan fingerprint density at radius 2 is 1.23 bits per heavy atom. The number of aromatic nitrogens is 8. The molecule has 2 aliphatic rings. The van der Waals surface area contributed by atoms with Gasteiger partial charge >= 0.3 is 14.2 Å². The van der Waals surface area contributed by atoms with Crippen molar-refractivity contribution in [2.24, 2.45) is 7.05 Å². The molecule has 0 spiro atoms. The average Bonchev–Trinajstić information content (AvgIpc) is 3.83. The Bertz CT molecular complexity index is 1500. The summed E-state index contributed by atoms with van der Waals surface area (Å²) in [6.45, 7) is 19.1. The van der Waals surface area contributed by atoms with Gasteiger partial charge in [-0.2, -0.15) is 20.4 Å². The van der Waals surface area contributed by atoms with Gasteiger partial charge < -0.3 is 28.1 Å². The van der Waals surface area contributed by atoms with Crippen molar-refractivity contribution in [3.8, 4) is 11.3 Å². The van der Waals surface area contributed by atoms with Crippen molar-refractivity contribution in [1.29, 1.82) is 0 Å². The van der Waals surface area contributed by atoms with E-state index in [0.29, 0.717) is 13.2 Å². The minimum absolute atomic E-state index is 0.283. The standard InChI is InChI=1S/C12H21BN2O3.C10H14N4O.C9H15BN2O2/c1-11(2)12(3,4)18-13(17-11)10-8-14-15(9-10)6-7-16-5;1-13-4-3-10(12-13)9-7-11-14(8-9)5-6-15-2;1-8(2)9(3,4)14-10(13-8)7-5-11-12-6-7/h8-9H,6-7H2,1-5H3;3-4,7-8H,5-6H2,1-2H3;5-6H,1-4H3,(H,11,12). The number of ether oxygens (including phenoxy) is 2. The molecule has 4 aromatic heterocycles. The molecule has 0 aromatic carbocycles. The van der Waals surface area contributed by atoms with E-state index in [1.807, 2.05) is 103 Å².